The van der Waals surface area contributed by atoms with Crippen molar-refractivity contribution in [2.24, 2.45) is 0 Å². The topological polar surface area (TPSA) is 55.8 Å². The van der Waals surface area contributed by atoms with Crippen LogP contribution in [0.4, 0.5) is 0 Å². The molecule has 0 spiro atoms. The summed E-state index contributed by atoms with van der Waals surface area (Å²) in [7, 11) is 1.53. The third-order valence-electron chi connectivity index (χ3n) is 1.37. The van der Waals surface area contributed by atoms with Gasteiger partial charge in [-0.15, -0.1) is 0 Å². The number of hydrogen-bond donors (Lipinski definition) is 1. The summed E-state index contributed by atoms with van der Waals surface area (Å²) in [6, 6.07) is 3.17. The van der Waals surface area contributed by atoms with Gasteiger partial charge in [-0.3, -0.25) is 4.55 Å². The molecule has 0 saturated heterocycles. The van der Waals surface area contributed by atoms with Gasteiger partial charge in [0.05, 0.1) is 16.1 Å². The van der Waals surface area contributed by atoms with Gasteiger partial charge in [-0.1, -0.05) is 0 Å². The smallest absolute Gasteiger partial charge is 0.357 e. The second-order valence-electron chi connectivity index (χ2n) is 2.22. The van der Waals surface area contributed by atoms with Gasteiger partial charge in [0.1, 0.15) is 5.75 Å². The molecule has 78 valence electrons. The first-order chi connectivity index (χ1) is 6.54. The van der Waals surface area contributed by atoms with Crippen LogP contribution in [0.2, 0.25) is 0 Å². The molecule has 0 aliphatic carbocycles. The van der Waals surface area contributed by atoms with E-state index in [2.05, 4.69) is 36.0 Å². The highest BCUT2D eigenvalue weighted by molar-refractivity contribution is 9.11. The van der Waals surface area contributed by atoms with E-state index in [9.17, 15) is 4.21 Å². The maximum absolute atomic E-state index is 10.4. The Bertz CT molecular complexity index is 369. The summed E-state index contributed by atoms with van der Waals surface area (Å²) >= 11 is 4.07. The third kappa shape index (κ3) is 2.94. The van der Waals surface area contributed by atoms with Crippen molar-refractivity contribution in [3.8, 4) is 11.5 Å². The van der Waals surface area contributed by atoms with Gasteiger partial charge in [0.25, 0.3) is 0 Å². The molecule has 0 aromatic heterocycles. The fourth-order valence-corrected chi connectivity index (χ4v) is 2.09. The van der Waals surface area contributed by atoms with Crippen molar-refractivity contribution < 1.29 is 17.7 Å². The first kappa shape index (κ1) is 12.0. The molecular weight excluding hydrogens is 340 g/mol. The van der Waals surface area contributed by atoms with E-state index in [-0.39, 0.29) is 5.75 Å². The Morgan fingerprint density at radius 1 is 1.29 bits per heavy atom. The lowest BCUT2D eigenvalue weighted by Gasteiger charge is -2.07. The fourth-order valence-electron chi connectivity index (χ4n) is 0.807. The second-order valence-corrected chi connectivity index (χ2v) is 4.53. The van der Waals surface area contributed by atoms with E-state index < -0.39 is 11.4 Å². The number of hydrogen-bond acceptors (Lipinski definition) is 3. The van der Waals surface area contributed by atoms with E-state index in [0.717, 1.165) is 0 Å². The van der Waals surface area contributed by atoms with Gasteiger partial charge < -0.3 is 8.92 Å². The highest BCUT2D eigenvalue weighted by Crippen LogP contribution is 2.36. The summed E-state index contributed by atoms with van der Waals surface area (Å²) in [6.45, 7) is 0. The monoisotopic (exact) mass is 344 g/mol. The molecule has 1 atom stereocenters. The molecule has 1 rings (SSSR count). The molecule has 0 bridgehead atoms. The summed E-state index contributed by atoms with van der Waals surface area (Å²) in [4.78, 5) is 0. The van der Waals surface area contributed by atoms with Crippen LogP contribution in [0.25, 0.3) is 0 Å². The normalized spacial score (nSPS) is 12.3. The van der Waals surface area contributed by atoms with Crippen LogP contribution in [0, 0.1) is 0 Å². The minimum Gasteiger partial charge on any atom is -0.496 e. The Labute approximate surface area is 100 Å². The Morgan fingerprint density at radius 3 is 2.29 bits per heavy atom. The third-order valence-corrected chi connectivity index (χ3v) is 2.93. The number of halogens is 2. The largest absolute Gasteiger partial charge is 0.496 e. The maximum Gasteiger partial charge on any atom is 0.357 e. The van der Waals surface area contributed by atoms with Crippen LogP contribution >= 0.6 is 31.9 Å². The molecule has 1 aromatic rings. The van der Waals surface area contributed by atoms with E-state index in [1.54, 1.807) is 6.07 Å². The zero-order valence-corrected chi connectivity index (χ0v) is 11.0. The fraction of sp³-hybridized carbons (Fsp3) is 0.143. The number of rotatable bonds is 3. The van der Waals surface area contributed by atoms with E-state index in [4.69, 9.17) is 9.29 Å². The van der Waals surface area contributed by atoms with Crippen LogP contribution in [-0.2, 0) is 11.4 Å². The van der Waals surface area contributed by atoms with Gasteiger partial charge in [-0.25, -0.2) is 0 Å². The number of ether oxygens (including phenoxy) is 1. The minimum absolute atomic E-state index is 0.263. The molecule has 14 heavy (non-hydrogen) atoms. The zero-order chi connectivity index (χ0) is 10.7. The highest BCUT2D eigenvalue weighted by Gasteiger charge is 2.09. The summed E-state index contributed by atoms with van der Waals surface area (Å²) in [5.41, 5.74) is 0. The van der Waals surface area contributed by atoms with Gasteiger partial charge in [0.2, 0.25) is 0 Å². The summed E-state index contributed by atoms with van der Waals surface area (Å²) in [5.74, 6) is 0.867. The lowest BCUT2D eigenvalue weighted by atomic mass is 10.3. The van der Waals surface area contributed by atoms with E-state index >= 15 is 0 Å². The first-order valence-corrected chi connectivity index (χ1v) is 5.98. The molecule has 1 aromatic carbocycles. The van der Waals surface area contributed by atoms with Crippen LogP contribution < -0.4 is 8.92 Å². The lowest BCUT2D eigenvalue weighted by molar-refractivity contribution is 0.410. The Morgan fingerprint density at radius 2 is 1.79 bits per heavy atom. The molecule has 1 N–H and O–H groups in total. The van der Waals surface area contributed by atoms with Crippen molar-refractivity contribution in [2.45, 2.75) is 0 Å². The second kappa shape index (κ2) is 5.11. The van der Waals surface area contributed by atoms with Crippen LogP contribution in [-0.4, -0.2) is 15.9 Å². The molecule has 7 heteroatoms. The van der Waals surface area contributed by atoms with Crippen molar-refractivity contribution in [2.75, 3.05) is 7.11 Å². The quantitative estimate of drug-likeness (QED) is 0.856. The van der Waals surface area contributed by atoms with Crippen LogP contribution in [0.15, 0.2) is 21.1 Å². The lowest BCUT2D eigenvalue weighted by Crippen LogP contribution is -1.98. The highest BCUT2D eigenvalue weighted by atomic mass is 79.9. The van der Waals surface area contributed by atoms with Crippen LogP contribution in [0.5, 0.6) is 11.5 Å². The van der Waals surface area contributed by atoms with Crippen molar-refractivity contribution in [3.05, 3.63) is 21.1 Å². The summed E-state index contributed by atoms with van der Waals surface area (Å²) < 4.78 is 29.8. The maximum atomic E-state index is 10.4. The van der Waals surface area contributed by atoms with Crippen molar-refractivity contribution in [3.63, 3.8) is 0 Å². The van der Waals surface area contributed by atoms with Crippen molar-refractivity contribution in [1.82, 2.24) is 0 Å². The van der Waals surface area contributed by atoms with Gasteiger partial charge >= 0.3 is 11.4 Å². The van der Waals surface area contributed by atoms with Gasteiger partial charge in [-0.05, 0) is 37.9 Å². The standard InChI is InChI=1S/C7H6Br2O4S/c1-12-6-2-5(9)7(3-4(6)8)13-14(10)11/h2-3H,1H3,(H,10,11). The predicted octanol–water partition coefficient (Wildman–Crippen LogP) is 2.74. The SMILES string of the molecule is COc1cc(Br)c(OS(=O)O)cc1Br. The average Bonchev–Trinajstić information content (AvgIpc) is 2.10. The summed E-state index contributed by atoms with van der Waals surface area (Å²) in [5, 5.41) is 0. The Hall–Kier alpha value is -0.110. The minimum atomic E-state index is -2.34. The Kier molecular flexibility index (Phi) is 4.36. The average molecular weight is 346 g/mol. The summed E-state index contributed by atoms with van der Waals surface area (Å²) in [6.07, 6.45) is 0. The molecule has 1 unspecified atom stereocenters. The predicted molar refractivity (Wildman–Crippen MR) is 59.8 cm³/mol. The molecule has 0 saturated carbocycles. The Balaban J connectivity index is 3.08. The van der Waals surface area contributed by atoms with Gasteiger partial charge in [0.15, 0.2) is 5.75 Å². The molecule has 0 fully saturated rings. The van der Waals surface area contributed by atoms with Crippen LogP contribution in [0.3, 0.4) is 0 Å². The molecule has 0 amide bonds. The molecule has 4 nitrogen and oxygen atoms in total. The molecule has 0 aliphatic heterocycles. The van der Waals surface area contributed by atoms with Crippen LogP contribution in [0.1, 0.15) is 0 Å². The number of benzene rings is 1. The van der Waals surface area contributed by atoms with Gasteiger partial charge in [-0.2, -0.15) is 4.21 Å². The first-order valence-electron chi connectivity index (χ1n) is 3.37. The zero-order valence-electron chi connectivity index (χ0n) is 6.99. The molecule has 0 radical (unpaired) electrons. The van der Waals surface area contributed by atoms with Gasteiger partial charge in [0, 0.05) is 6.07 Å². The van der Waals surface area contributed by atoms with E-state index in [1.807, 2.05) is 0 Å². The van der Waals surface area contributed by atoms with Crippen molar-refractivity contribution >= 4 is 43.2 Å². The molecule has 0 aliphatic rings. The molecule has 0 heterocycles. The molecular formula is C7H6Br2O4S. The van der Waals surface area contributed by atoms with E-state index in [0.29, 0.717) is 14.7 Å². The van der Waals surface area contributed by atoms with Crippen molar-refractivity contribution in [1.29, 1.82) is 0 Å². The number of methoxy groups -OCH3 is 1. The van der Waals surface area contributed by atoms with E-state index in [1.165, 1.54) is 13.2 Å².